The number of rotatable bonds is 3. The zero-order chi connectivity index (χ0) is 15.5. The van der Waals surface area contributed by atoms with Crippen molar-refractivity contribution < 1.29 is 9.21 Å². The molecule has 0 saturated carbocycles. The molecule has 0 aromatic carbocycles. The van der Waals surface area contributed by atoms with Crippen LogP contribution < -0.4 is 10.2 Å². The Kier molecular flexibility index (Phi) is 4.11. The average Bonchev–Trinajstić information content (AvgIpc) is 2.96. The minimum atomic E-state index is -0.262. The Morgan fingerprint density at radius 1 is 1.18 bits per heavy atom. The molecule has 3 rings (SSSR count). The van der Waals surface area contributed by atoms with Gasteiger partial charge in [0.05, 0.1) is 11.9 Å². The minimum Gasteiger partial charge on any atom is -0.456 e. The first-order valence-electron chi connectivity index (χ1n) is 7.39. The van der Waals surface area contributed by atoms with Crippen molar-refractivity contribution in [3.8, 4) is 0 Å². The van der Waals surface area contributed by atoms with E-state index >= 15 is 0 Å². The van der Waals surface area contributed by atoms with E-state index in [2.05, 4.69) is 27.1 Å². The number of pyridine rings is 1. The number of piperazine rings is 1. The van der Waals surface area contributed by atoms with E-state index in [1.165, 1.54) is 0 Å². The summed E-state index contributed by atoms with van der Waals surface area (Å²) in [5, 5.41) is 2.79. The molecular weight excluding hydrogens is 280 g/mol. The normalized spacial score (nSPS) is 15.8. The lowest BCUT2D eigenvalue weighted by molar-refractivity contribution is 0.0995. The highest BCUT2D eigenvalue weighted by atomic mass is 16.3. The van der Waals surface area contributed by atoms with E-state index in [9.17, 15) is 4.79 Å². The highest BCUT2D eigenvalue weighted by Gasteiger charge is 2.15. The fraction of sp³-hybridized carbons (Fsp3) is 0.375. The third kappa shape index (κ3) is 3.28. The van der Waals surface area contributed by atoms with Gasteiger partial charge in [-0.1, -0.05) is 0 Å². The number of furan rings is 1. The number of aromatic nitrogens is 1. The maximum absolute atomic E-state index is 12.0. The van der Waals surface area contributed by atoms with E-state index in [-0.39, 0.29) is 5.91 Å². The van der Waals surface area contributed by atoms with Crippen LogP contribution in [0.4, 0.5) is 11.5 Å². The number of nitrogens with zero attached hydrogens (tertiary/aromatic N) is 3. The molecule has 6 heteroatoms. The molecule has 1 fully saturated rings. The second-order valence-electron chi connectivity index (χ2n) is 5.56. The molecule has 116 valence electrons. The molecule has 2 aromatic heterocycles. The quantitative estimate of drug-likeness (QED) is 0.939. The molecule has 22 heavy (non-hydrogen) atoms. The molecule has 0 unspecified atom stereocenters. The summed E-state index contributed by atoms with van der Waals surface area (Å²) in [4.78, 5) is 21.0. The zero-order valence-corrected chi connectivity index (χ0v) is 12.9. The third-order valence-corrected chi connectivity index (χ3v) is 3.80. The largest absolute Gasteiger partial charge is 0.456 e. The molecule has 1 N–H and O–H groups in total. The number of amides is 1. The van der Waals surface area contributed by atoms with Gasteiger partial charge < -0.3 is 19.5 Å². The second-order valence-corrected chi connectivity index (χ2v) is 5.56. The van der Waals surface area contributed by atoms with Gasteiger partial charge in [-0.2, -0.15) is 0 Å². The second kappa shape index (κ2) is 6.19. The first-order chi connectivity index (χ1) is 10.6. The van der Waals surface area contributed by atoms with Crippen molar-refractivity contribution in [2.24, 2.45) is 0 Å². The predicted molar refractivity (Wildman–Crippen MR) is 85.3 cm³/mol. The number of aryl methyl sites for hydroxylation is 1. The number of hydrogen-bond donors (Lipinski definition) is 1. The van der Waals surface area contributed by atoms with Gasteiger partial charge in [0, 0.05) is 26.2 Å². The highest BCUT2D eigenvalue weighted by Crippen LogP contribution is 2.17. The van der Waals surface area contributed by atoms with E-state index < -0.39 is 0 Å². The Labute approximate surface area is 129 Å². The van der Waals surface area contributed by atoms with Crippen LogP contribution in [0.15, 0.2) is 34.9 Å². The fourth-order valence-corrected chi connectivity index (χ4v) is 2.43. The van der Waals surface area contributed by atoms with Crippen LogP contribution in [-0.4, -0.2) is 49.0 Å². The fourth-order valence-electron chi connectivity index (χ4n) is 2.43. The number of carbonyl (C=O) groups is 1. The smallest absolute Gasteiger partial charge is 0.291 e. The van der Waals surface area contributed by atoms with E-state index in [0.717, 1.165) is 32.0 Å². The van der Waals surface area contributed by atoms with Gasteiger partial charge in [-0.15, -0.1) is 0 Å². The zero-order valence-electron chi connectivity index (χ0n) is 12.9. The van der Waals surface area contributed by atoms with Crippen molar-refractivity contribution in [3.63, 3.8) is 0 Å². The van der Waals surface area contributed by atoms with Crippen LogP contribution >= 0.6 is 0 Å². The average molecular weight is 300 g/mol. The van der Waals surface area contributed by atoms with Gasteiger partial charge in [0.1, 0.15) is 11.6 Å². The summed E-state index contributed by atoms with van der Waals surface area (Å²) >= 11 is 0. The van der Waals surface area contributed by atoms with E-state index in [4.69, 9.17) is 4.42 Å². The molecule has 0 bridgehead atoms. The van der Waals surface area contributed by atoms with E-state index in [0.29, 0.717) is 17.2 Å². The van der Waals surface area contributed by atoms with Crippen molar-refractivity contribution in [2.45, 2.75) is 6.92 Å². The first-order valence-corrected chi connectivity index (χ1v) is 7.39. The maximum Gasteiger partial charge on any atom is 0.291 e. The lowest BCUT2D eigenvalue weighted by Gasteiger charge is -2.33. The van der Waals surface area contributed by atoms with Gasteiger partial charge in [0.15, 0.2) is 5.76 Å². The summed E-state index contributed by atoms with van der Waals surface area (Å²) in [6, 6.07) is 7.24. The van der Waals surface area contributed by atoms with Crippen LogP contribution in [-0.2, 0) is 0 Å². The van der Waals surface area contributed by atoms with Gasteiger partial charge >= 0.3 is 0 Å². The Bertz CT molecular complexity index is 642. The number of anilines is 2. The monoisotopic (exact) mass is 300 g/mol. The molecule has 2 aromatic rings. The molecular formula is C16H20N4O2. The molecule has 1 aliphatic heterocycles. The van der Waals surface area contributed by atoms with E-state index in [1.54, 1.807) is 18.3 Å². The van der Waals surface area contributed by atoms with Crippen LogP contribution in [0.2, 0.25) is 0 Å². The lowest BCUT2D eigenvalue weighted by Crippen LogP contribution is -2.44. The predicted octanol–water partition coefficient (Wildman–Crippen LogP) is 1.99. The van der Waals surface area contributed by atoms with Crippen molar-refractivity contribution in [2.75, 3.05) is 43.4 Å². The van der Waals surface area contributed by atoms with Crippen LogP contribution in [0.25, 0.3) is 0 Å². The molecule has 1 amide bonds. The molecule has 0 spiro atoms. The summed E-state index contributed by atoms with van der Waals surface area (Å²) in [5.74, 6) is 1.71. The van der Waals surface area contributed by atoms with Crippen LogP contribution in [0.5, 0.6) is 0 Å². The Morgan fingerprint density at radius 2 is 1.95 bits per heavy atom. The Hall–Kier alpha value is -2.34. The third-order valence-electron chi connectivity index (χ3n) is 3.80. The molecule has 0 radical (unpaired) electrons. The van der Waals surface area contributed by atoms with Gasteiger partial charge in [-0.3, -0.25) is 4.79 Å². The van der Waals surface area contributed by atoms with Gasteiger partial charge in [0.25, 0.3) is 5.91 Å². The highest BCUT2D eigenvalue weighted by molar-refractivity contribution is 6.02. The SMILES string of the molecule is Cc1ccc(C(=O)Nc2ccc(N3CCN(C)CC3)nc2)o1. The number of nitrogens with one attached hydrogen (secondary N) is 1. The van der Waals surface area contributed by atoms with Crippen LogP contribution in [0, 0.1) is 6.92 Å². The van der Waals surface area contributed by atoms with Crippen LogP contribution in [0.1, 0.15) is 16.3 Å². The maximum atomic E-state index is 12.0. The number of likely N-dealkylation sites (N-methyl/N-ethyl adjacent to an activating group) is 1. The summed E-state index contributed by atoms with van der Waals surface area (Å²) in [6.45, 7) is 5.83. The Balaban J connectivity index is 1.63. The lowest BCUT2D eigenvalue weighted by atomic mass is 10.3. The van der Waals surface area contributed by atoms with Crippen molar-refractivity contribution in [3.05, 3.63) is 42.0 Å². The van der Waals surface area contributed by atoms with Gasteiger partial charge in [-0.05, 0) is 38.2 Å². The molecule has 0 aliphatic carbocycles. The van der Waals surface area contributed by atoms with Crippen molar-refractivity contribution in [1.82, 2.24) is 9.88 Å². The summed E-state index contributed by atoms with van der Waals surface area (Å²) in [5.41, 5.74) is 0.664. The van der Waals surface area contributed by atoms with Crippen molar-refractivity contribution in [1.29, 1.82) is 0 Å². The number of hydrogen-bond acceptors (Lipinski definition) is 5. The van der Waals surface area contributed by atoms with E-state index in [1.807, 2.05) is 19.1 Å². The number of carbonyl (C=O) groups excluding carboxylic acids is 1. The summed E-state index contributed by atoms with van der Waals surface area (Å²) in [7, 11) is 2.12. The van der Waals surface area contributed by atoms with Gasteiger partial charge in [-0.25, -0.2) is 4.98 Å². The van der Waals surface area contributed by atoms with Crippen LogP contribution in [0.3, 0.4) is 0 Å². The minimum absolute atomic E-state index is 0.262. The molecule has 0 atom stereocenters. The molecule has 3 heterocycles. The first kappa shape index (κ1) is 14.6. The van der Waals surface area contributed by atoms with Crippen molar-refractivity contribution >= 4 is 17.4 Å². The molecule has 1 saturated heterocycles. The topological polar surface area (TPSA) is 61.6 Å². The molecule has 1 aliphatic rings. The molecule has 6 nitrogen and oxygen atoms in total. The Morgan fingerprint density at radius 3 is 2.55 bits per heavy atom. The summed E-state index contributed by atoms with van der Waals surface area (Å²) < 4.78 is 5.30. The summed E-state index contributed by atoms with van der Waals surface area (Å²) in [6.07, 6.45) is 1.68. The van der Waals surface area contributed by atoms with Gasteiger partial charge in [0.2, 0.25) is 0 Å². The standard InChI is InChI=1S/C16H20N4O2/c1-12-3-5-14(22-12)16(21)18-13-4-6-15(17-11-13)20-9-7-19(2)8-10-20/h3-6,11H,7-10H2,1-2H3,(H,18,21).